The van der Waals surface area contributed by atoms with Gasteiger partial charge in [-0.1, -0.05) is 12.1 Å². The lowest BCUT2D eigenvalue weighted by Crippen LogP contribution is -2.37. The molecule has 0 saturated carbocycles. The van der Waals surface area contributed by atoms with Gasteiger partial charge in [0, 0.05) is 37.7 Å². The number of carbonyl (C=O) groups excluding carboxylic acids is 1. The van der Waals surface area contributed by atoms with Crippen molar-refractivity contribution in [2.24, 2.45) is 14.1 Å². The van der Waals surface area contributed by atoms with Gasteiger partial charge in [-0.05, 0) is 18.1 Å². The summed E-state index contributed by atoms with van der Waals surface area (Å²) < 4.78 is 17.9. The highest BCUT2D eigenvalue weighted by Crippen LogP contribution is 2.37. The molecule has 4 rings (SSSR count). The van der Waals surface area contributed by atoms with Crippen LogP contribution in [0.1, 0.15) is 24.4 Å². The van der Waals surface area contributed by atoms with Crippen LogP contribution in [0.4, 0.5) is 4.39 Å². The van der Waals surface area contributed by atoms with Gasteiger partial charge >= 0.3 is 5.69 Å². The molecule has 10 heteroatoms. The lowest BCUT2D eigenvalue weighted by atomic mass is 10.0. The number of fused-ring (bicyclic) bond motifs is 2. The summed E-state index contributed by atoms with van der Waals surface area (Å²) in [7, 11) is 2.96. The van der Waals surface area contributed by atoms with Gasteiger partial charge in [0.05, 0.1) is 12.4 Å². The van der Waals surface area contributed by atoms with Crippen molar-refractivity contribution < 1.29 is 9.18 Å². The smallest absolute Gasteiger partial charge is 0.332 e. The Morgan fingerprint density at radius 2 is 2.10 bits per heavy atom. The molecular formula is C19H20FN5O3S. The van der Waals surface area contributed by atoms with E-state index in [0.717, 1.165) is 22.3 Å². The summed E-state index contributed by atoms with van der Waals surface area (Å²) in [5.41, 5.74) is 0.462. The summed E-state index contributed by atoms with van der Waals surface area (Å²) in [4.78, 5) is 41.7. The quantitative estimate of drug-likeness (QED) is 0.691. The number of amides is 1. The third kappa shape index (κ3) is 3.37. The van der Waals surface area contributed by atoms with Crippen molar-refractivity contribution in [3.05, 3.63) is 56.7 Å². The van der Waals surface area contributed by atoms with Gasteiger partial charge in [0.15, 0.2) is 11.2 Å². The maximum absolute atomic E-state index is 14.0. The predicted molar refractivity (Wildman–Crippen MR) is 107 cm³/mol. The number of imidazole rings is 1. The number of nitrogens with zero attached hydrogens (tertiary/aromatic N) is 4. The zero-order valence-electron chi connectivity index (χ0n) is 16.0. The molecule has 0 radical (unpaired) electrons. The van der Waals surface area contributed by atoms with Gasteiger partial charge in [-0.2, -0.15) is 0 Å². The Balaban J connectivity index is 1.51. The van der Waals surface area contributed by atoms with E-state index in [1.54, 1.807) is 17.7 Å². The van der Waals surface area contributed by atoms with E-state index < -0.39 is 11.2 Å². The van der Waals surface area contributed by atoms with Crippen molar-refractivity contribution in [1.82, 2.24) is 24.0 Å². The molecule has 0 fully saturated rings. The minimum atomic E-state index is -0.452. The number of thioether (sulfide) groups is 1. The Bertz CT molecular complexity index is 1230. The molecular weight excluding hydrogens is 397 g/mol. The van der Waals surface area contributed by atoms with Crippen molar-refractivity contribution in [1.29, 1.82) is 0 Å². The number of hydrogen-bond acceptors (Lipinski definition) is 5. The van der Waals surface area contributed by atoms with E-state index in [4.69, 9.17) is 0 Å². The minimum Gasteiger partial charge on any atom is -0.349 e. The van der Waals surface area contributed by atoms with Gasteiger partial charge in [0.1, 0.15) is 5.82 Å². The maximum atomic E-state index is 14.0. The molecule has 0 bridgehead atoms. The van der Waals surface area contributed by atoms with Crippen LogP contribution in [0.2, 0.25) is 0 Å². The number of benzene rings is 1. The Hall–Kier alpha value is -2.88. The molecule has 0 spiro atoms. The van der Waals surface area contributed by atoms with Gasteiger partial charge in [-0.3, -0.25) is 18.7 Å². The number of carbonyl (C=O) groups is 1. The van der Waals surface area contributed by atoms with Crippen LogP contribution < -0.4 is 16.6 Å². The first kappa shape index (κ1) is 19.4. The molecule has 3 heterocycles. The average Bonchev–Trinajstić information content (AvgIpc) is 3.14. The summed E-state index contributed by atoms with van der Waals surface area (Å²) in [6, 6.07) is 4.68. The third-order valence-electron chi connectivity index (χ3n) is 5.16. The molecule has 3 aromatic rings. The Morgan fingerprint density at radius 1 is 1.31 bits per heavy atom. The summed E-state index contributed by atoms with van der Waals surface area (Å²) in [6.07, 6.45) is 2.32. The second kappa shape index (κ2) is 7.51. The molecule has 1 aliphatic heterocycles. The fourth-order valence-corrected chi connectivity index (χ4v) is 4.73. The van der Waals surface area contributed by atoms with Crippen LogP contribution >= 0.6 is 11.8 Å². The molecule has 1 amide bonds. The zero-order valence-corrected chi connectivity index (χ0v) is 16.8. The summed E-state index contributed by atoms with van der Waals surface area (Å²) in [6.45, 7) is 0.243. The van der Waals surface area contributed by atoms with E-state index in [1.807, 2.05) is 6.07 Å². The van der Waals surface area contributed by atoms with E-state index in [-0.39, 0.29) is 41.9 Å². The SMILES string of the molecule is Cn1c(=O)c2c(ncn2CCC(=O)N[C@@H]2CCSc3c(F)cccc32)n(C)c1=O. The van der Waals surface area contributed by atoms with E-state index in [0.29, 0.717) is 4.90 Å². The lowest BCUT2D eigenvalue weighted by molar-refractivity contribution is -0.122. The van der Waals surface area contributed by atoms with Crippen LogP contribution in [0.5, 0.6) is 0 Å². The highest BCUT2D eigenvalue weighted by atomic mass is 32.2. The second-order valence-electron chi connectivity index (χ2n) is 6.98. The molecule has 2 aromatic heterocycles. The second-order valence-corrected chi connectivity index (χ2v) is 8.09. The lowest BCUT2D eigenvalue weighted by Gasteiger charge is -2.26. The third-order valence-corrected chi connectivity index (χ3v) is 6.32. The van der Waals surface area contributed by atoms with Gasteiger partial charge in [0.2, 0.25) is 5.91 Å². The fraction of sp³-hybridized carbons (Fsp3) is 0.368. The molecule has 29 heavy (non-hydrogen) atoms. The standard InChI is InChI=1S/C19H20FN5O3S/c1-23-17-15(18(27)24(2)19(23)28)25(10-21-17)8-6-14(26)22-13-7-9-29-16-11(13)4-3-5-12(16)20/h3-5,10,13H,6-9H2,1-2H3,(H,22,26)/t13-/m1/s1. The molecule has 0 unspecified atom stereocenters. The average molecular weight is 417 g/mol. The van der Waals surface area contributed by atoms with Crippen LogP contribution in [0.3, 0.4) is 0 Å². The monoisotopic (exact) mass is 417 g/mol. The van der Waals surface area contributed by atoms with Crippen LogP contribution in [0.25, 0.3) is 11.2 Å². The highest BCUT2D eigenvalue weighted by molar-refractivity contribution is 7.99. The Morgan fingerprint density at radius 3 is 2.90 bits per heavy atom. The summed E-state index contributed by atoms with van der Waals surface area (Å²) >= 11 is 1.46. The maximum Gasteiger partial charge on any atom is 0.332 e. The molecule has 1 aromatic carbocycles. The van der Waals surface area contributed by atoms with Crippen LogP contribution in [-0.2, 0) is 25.4 Å². The summed E-state index contributed by atoms with van der Waals surface area (Å²) in [5, 5.41) is 2.97. The minimum absolute atomic E-state index is 0.131. The topological polar surface area (TPSA) is 90.9 Å². The van der Waals surface area contributed by atoms with Crippen molar-refractivity contribution in [3.63, 3.8) is 0 Å². The number of aromatic nitrogens is 4. The zero-order chi connectivity index (χ0) is 20.7. The van der Waals surface area contributed by atoms with Crippen LogP contribution in [-0.4, -0.2) is 30.3 Å². The molecule has 0 aliphatic carbocycles. The first-order chi connectivity index (χ1) is 13.9. The summed E-state index contributed by atoms with van der Waals surface area (Å²) in [5.74, 6) is 0.271. The molecule has 1 N–H and O–H groups in total. The highest BCUT2D eigenvalue weighted by Gasteiger charge is 2.24. The number of aryl methyl sites for hydroxylation is 2. The van der Waals surface area contributed by atoms with Gasteiger partial charge in [0.25, 0.3) is 5.56 Å². The predicted octanol–water partition coefficient (Wildman–Crippen LogP) is 1.32. The van der Waals surface area contributed by atoms with E-state index in [9.17, 15) is 18.8 Å². The van der Waals surface area contributed by atoms with Crippen molar-refractivity contribution in [2.45, 2.75) is 30.3 Å². The van der Waals surface area contributed by atoms with Gasteiger partial charge in [-0.15, -0.1) is 11.8 Å². The van der Waals surface area contributed by atoms with Crippen LogP contribution in [0.15, 0.2) is 39.0 Å². The van der Waals surface area contributed by atoms with Gasteiger partial charge in [-0.25, -0.2) is 14.2 Å². The fourth-order valence-electron chi connectivity index (χ4n) is 3.59. The van der Waals surface area contributed by atoms with E-state index >= 15 is 0 Å². The van der Waals surface area contributed by atoms with Gasteiger partial charge < -0.3 is 9.88 Å². The van der Waals surface area contributed by atoms with E-state index in [2.05, 4.69) is 10.3 Å². The molecule has 8 nitrogen and oxygen atoms in total. The number of rotatable bonds is 4. The molecule has 152 valence electrons. The van der Waals surface area contributed by atoms with Crippen molar-refractivity contribution in [3.8, 4) is 0 Å². The number of halogens is 1. The first-order valence-electron chi connectivity index (χ1n) is 9.20. The number of nitrogens with one attached hydrogen (secondary N) is 1. The van der Waals surface area contributed by atoms with Crippen LogP contribution in [0, 0.1) is 5.82 Å². The van der Waals surface area contributed by atoms with Crippen molar-refractivity contribution >= 4 is 28.8 Å². The normalized spacial score (nSPS) is 16.0. The van der Waals surface area contributed by atoms with E-state index in [1.165, 1.54) is 35.8 Å². The Labute approximate surface area is 169 Å². The Kier molecular flexibility index (Phi) is 5.03. The molecule has 0 saturated heterocycles. The molecule has 1 aliphatic rings. The van der Waals surface area contributed by atoms with Crippen molar-refractivity contribution in [2.75, 3.05) is 5.75 Å². The number of hydrogen-bond donors (Lipinski definition) is 1. The largest absolute Gasteiger partial charge is 0.349 e. The molecule has 1 atom stereocenters. The first-order valence-corrected chi connectivity index (χ1v) is 10.2.